The molecule has 3 aliphatic rings. The van der Waals surface area contributed by atoms with E-state index in [9.17, 15) is 4.79 Å². The van der Waals surface area contributed by atoms with Crippen LogP contribution in [-0.4, -0.2) is 52.5 Å². The lowest BCUT2D eigenvalue weighted by Crippen LogP contribution is -2.40. The fraction of sp³-hybridized carbons (Fsp3) is 0.688. The fourth-order valence-corrected chi connectivity index (χ4v) is 4.36. The van der Waals surface area contributed by atoms with E-state index in [-0.39, 0.29) is 5.91 Å². The predicted octanol–water partition coefficient (Wildman–Crippen LogP) is 2.89. The molecule has 0 aromatic carbocycles. The van der Waals surface area contributed by atoms with Gasteiger partial charge in [0.05, 0.1) is 0 Å². The van der Waals surface area contributed by atoms with Gasteiger partial charge < -0.3 is 9.47 Å². The van der Waals surface area contributed by atoms with Gasteiger partial charge in [0.2, 0.25) is 0 Å². The second-order valence-electron chi connectivity index (χ2n) is 6.77. The molecule has 1 aromatic heterocycles. The van der Waals surface area contributed by atoms with E-state index in [1.807, 2.05) is 6.07 Å². The van der Waals surface area contributed by atoms with E-state index in [0.29, 0.717) is 18.1 Å². The summed E-state index contributed by atoms with van der Waals surface area (Å²) in [6.45, 7) is 1.79. The summed E-state index contributed by atoms with van der Waals surface area (Å²) in [6.07, 6.45) is 8.13. The summed E-state index contributed by atoms with van der Waals surface area (Å²) in [5.41, 5.74) is 0.866. The SMILES string of the molecule is CN1C2CCC1CN(C(=O)c1cc(Br)cn1C1CC1)CC2. The van der Waals surface area contributed by atoms with Crippen LogP contribution in [0.3, 0.4) is 0 Å². The highest BCUT2D eigenvalue weighted by Crippen LogP contribution is 2.38. The van der Waals surface area contributed by atoms with Crippen molar-refractivity contribution in [1.29, 1.82) is 0 Å². The molecule has 2 aliphatic heterocycles. The molecule has 2 atom stereocenters. The van der Waals surface area contributed by atoms with Crippen molar-refractivity contribution < 1.29 is 4.79 Å². The van der Waals surface area contributed by atoms with Gasteiger partial charge >= 0.3 is 0 Å². The zero-order chi connectivity index (χ0) is 14.6. The molecular weight excluding hydrogens is 330 g/mol. The van der Waals surface area contributed by atoms with Crippen LogP contribution < -0.4 is 0 Å². The number of carbonyl (C=O) groups excluding carboxylic acids is 1. The van der Waals surface area contributed by atoms with Crippen LogP contribution in [0.15, 0.2) is 16.7 Å². The summed E-state index contributed by atoms with van der Waals surface area (Å²) >= 11 is 3.53. The molecule has 2 bridgehead atoms. The molecule has 1 aromatic rings. The average molecular weight is 352 g/mol. The molecule has 4 rings (SSSR count). The van der Waals surface area contributed by atoms with Crippen LogP contribution in [0.25, 0.3) is 0 Å². The van der Waals surface area contributed by atoms with Gasteiger partial charge in [-0.25, -0.2) is 0 Å². The van der Waals surface area contributed by atoms with E-state index in [1.165, 1.54) is 25.7 Å². The Hall–Kier alpha value is -0.810. The van der Waals surface area contributed by atoms with Gasteiger partial charge in [0.25, 0.3) is 5.91 Å². The first-order valence-electron chi connectivity index (χ1n) is 8.02. The summed E-state index contributed by atoms with van der Waals surface area (Å²) in [4.78, 5) is 17.5. The first-order chi connectivity index (χ1) is 10.1. The molecule has 4 nitrogen and oxygen atoms in total. The third-order valence-corrected chi connectivity index (χ3v) is 5.84. The molecule has 5 heteroatoms. The number of hydrogen-bond acceptors (Lipinski definition) is 2. The summed E-state index contributed by atoms with van der Waals surface area (Å²) in [6, 6.07) is 3.76. The van der Waals surface area contributed by atoms with Crippen LogP contribution in [0.2, 0.25) is 0 Å². The molecule has 1 aliphatic carbocycles. The number of hydrogen-bond donors (Lipinski definition) is 0. The van der Waals surface area contributed by atoms with Crippen LogP contribution in [0, 0.1) is 0 Å². The molecule has 2 saturated heterocycles. The maximum absolute atomic E-state index is 13.0. The number of likely N-dealkylation sites (N-methyl/N-ethyl adjacent to an activating group) is 1. The van der Waals surface area contributed by atoms with Crippen molar-refractivity contribution in [2.75, 3.05) is 20.1 Å². The summed E-state index contributed by atoms with van der Waals surface area (Å²) in [7, 11) is 2.22. The largest absolute Gasteiger partial charge is 0.339 e. The Morgan fingerprint density at radius 1 is 1.14 bits per heavy atom. The number of likely N-dealkylation sites (tertiary alicyclic amines) is 1. The Bertz CT molecular complexity index is 566. The van der Waals surface area contributed by atoms with Gasteiger partial charge in [0, 0.05) is 41.9 Å². The lowest BCUT2D eigenvalue weighted by Gasteiger charge is -2.26. The summed E-state index contributed by atoms with van der Waals surface area (Å²) in [5, 5.41) is 0. The van der Waals surface area contributed by atoms with Crippen molar-refractivity contribution in [2.45, 2.75) is 50.2 Å². The zero-order valence-electron chi connectivity index (χ0n) is 12.5. The second-order valence-corrected chi connectivity index (χ2v) is 7.69. The molecule has 0 N–H and O–H groups in total. The zero-order valence-corrected chi connectivity index (χ0v) is 14.1. The van der Waals surface area contributed by atoms with E-state index in [0.717, 1.165) is 29.7 Å². The van der Waals surface area contributed by atoms with Crippen molar-refractivity contribution in [3.05, 3.63) is 22.4 Å². The normalized spacial score (nSPS) is 29.7. The Balaban J connectivity index is 1.57. The van der Waals surface area contributed by atoms with Gasteiger partial charge in [0.15, 0.2) is 0 Å². The Morgan fingerprint density at radius 3 is 2.62 bits per heavy atom. The van der Waals surface area contributed by atoms with Gasteiger partial charge in [-0.3, -0.25) is 9.69 Å². The van der Waals surface area contributed by atoms with Crippen LogP contribution in [0.4, 0.5) is 0 Å². The molecule has 114 valence electrons. The van der Waals surface area contributed by atoms with Crippen molar-refractivity contribution >= 4 is 21.8 Å². The maximum Gasteiger partial charge on any atom is 0.270 e. The fourth-order valence-electron chi connectivity index (χ4n) is 3.93. The minimum absolute atomic E-state index is 0.216. The number of amides is 1. The summed E-state index contributed by atoms with van der Waals surface area (Å²) < 4.78 is 3.20. The number of aromatic nitrogens is 1. The molecule has 1 amide bonds. The monoisotopic (exact) mass is 351 g/mol. The van der Waals surface area contributed by atoms with Crippen LogP contribution in [-0.2, 0) is 0 Å². The minimum Gasteiger partial charge on any atom is -0.339 e. The van der Waals surface area contributed by atoms with Gasteiger partial charge in [-0.05, 0) is 61.1 Å². The lowest BCUT2D eigenvalue weighted by atomic mass is 10.1. The Kier molecular flexibility index (Phi) is 3.38. The van der Waals surface area contributed by atoms with E-state index < -0.39 is 0 Å². The molecule has 0 spiro atoms. The Labute approximate surface area is 134 Å². The van der Waals surface area contributed by atoms with Crippen LogP contribution in [0.5, 0.6) is 0 Å². The molecule has 1 saturated carbocycles. The van der Waals surface area contributed by atoms with Crippen molar-refractivity contribution in [3.8, 4) is 0 Å². The molecule has 3 fully saturated rings. The first-order valence-corrected chi connectivity index (χ1v) is 8.81. The van der Waals surface area contributed by atoms with Gasteiger partial charge in [0.1, 0.15) is 5.69 Å². The van der Waals surface area contributed by atoms with Crippen molar-refractivity contribution in [1.82, 2.24) is 14.4 Å². The standard InChI is InChI=1S/C16H22BrN3O/c1-18-12-2-5-14(18)10-19(7-6-12)16(21)15-8-11(17)9-20(15)13-3-4-13/h8-9,12-14H,2-7,10H2,1H3. The van der Waals surface area contributed by atoms with Crippen LogP contribution in [0.1, 0.15) is 48.6 Å². The van der Waals surface area contributed by atoms with Crippen molar-refractivity contribution in [2.24, 2.45) is 0 Å². The van der Waals surface area contributed by atoms with E-state index in [2.05, 4.69) is 43.5 Å². The maximum atomic E-state index is 13.0. The number of halogens is 1. The smallest absolute Gasteiger partial charge is 0.270 e. The molecular formula is C16H22BrN3O. The first kappa shape index (κ1) is 13.8. The topological polar surface area (TPSA) is 28.5 Å². The Morgan fingerprint density at radius 2 is 1.86 bits per heavy atom. The van der Waals surface area contributed by atoms with Gasteiger partial charge in [-0.1, -0.05) is 0 Å². The highest BCUT2D eigenvalue weighted by atomic mass is 79.9. The minimum atomic E-state index is 0.216. The number of fused-ring (bicyclic) bond motifs is 2. The average Bonchev–Trinajstić information content (AvgIpc) is 3.15. The summed E-state index contributed by atoms with van der Waals surface area (Å²) in [5.74, 6) is 0.216. The second kappa shape index (κ2) is 5.13. The van der Waals surface area contributed by atoms with Gasteiger partial charge in [-0.15, -0.1) is 0 Å². The highest BCUT2D eigenvalue weighted by molar-refractivity contribution is 9.10. The third-order valence-electron chi connectivity index (χ3n) is 5.41. The molecule has 21 heavy (non-hydrogen) atoms. The van der Waals surface area contributed by atoms with Crippen molar-refractivity contribution in [3.63, 3.8) is 0 Å². The predicted molar refractivity (Wildman–Crippen MR) is 85.5 cm³/mol. The number of carbonyl (C=O) groups is 1. The third kappa shape index (κ3) is 2.44. The lowest BCUT2D eigenvalue weighted by molar-refractivity contribution is 0.0729. The number of nitrogens with zero attached hydrogens (tertiary/aromatic N) is 3. The molecule has 2 unspecified atom stereocenters. The van der Waals surface area contributed by atoms with Crippen LogP contribution >= 0.6 is 15.9 Å². The quantitative estimate of drug-likeness (QED) is 0.819. The number of rotatable bonds is 2. The molecule has 0 radical (unpaired) electrons. The van der Waals surface area contributed by atoms with Gasteiger partial charge in [-0.2, -0.15) is 0 Å². The molecule has 3 heterocycles. The van der Waals surface area contributed by atoms with E-state index in [4.69, 9.17) is 0 Å². The highest BCUT2D eigenvalue weighted by Gasteiger charge is 2.37. The van der Waals surface area contributed by atoms with E-state index in [1.54, 1.807) is 0 Å². The van der Waals surface area contributed by atoms with E-state index >= 15 is 0 Å².